The van der Waals surface area contributed by atoms with Crippen LogP contribution in [0.3, 0.4) is 0 Å². The second kappa shape index (κ2) is 6.50. The van der Waals surface area contributed by atoms with Gasteiger partial charge in [-0.05, 0) is 13.5 Å². The van der Waals surface area contributed by atoms with Gasteiger partial charge in [-0.3, -0.25) is 0 Å². The zero-order valence-corrected chi connectivity index (χ0v) is 8.75. The van der Waals surface area contributed by atoms with Crippen LogP contribution in [0.25, 0.3) is 0 Å². The molecule has 0 bridgehead atoms. The second-order valence-electron chi connectivity index (χ2n) is 2.83. The van der Waals surface area contributed by atoms with E-state index in [-0.39, 0.29) is 0 Å². The summed E-state index contributed by atoms with van der Waals surface area (Å²) in [5.41, 5.74) is 0. The van der Waals surface area contributed by atoms with Gasteiger partial charge in [0.25, 0.3) is 0 Å². The van der Waals surface area contributed by atoms with Gasteiger partial charge in [0.2, 0.25) is 5.89 Å². The molecule has 0 fully saturated rings. The van der Waals surface area contributed by atoms with Crippen LogP contribution in [0.1, 0.15) is 25.6 Å². The van der Waals surface area contributed by atoms with E-state index in [1.54, 1.807) is 0 Å². The molecule has 5 nitrogen and oxygen atoms in total. The molecule has 5 heteroatoms. The van der Waals surface area contributed by atoms with Crippen LogP contribution < -0.4 is 5.32 Å². The summed E-state index contributed by atoms with van der Waals surface area (Å²) in [6.07, 6.45) is 0.687. The average molecular weight is 199 g/mol. The third-order valence-corrected chi connectivity index (χ3v) is 1.71. The first-order valence-electron chi connectivity index (χ1n) is 4.96. The number of nitrogens with zero attached hydrogens (tertiary/aromatic N) is 2. The molecule has 0 aromatic carbocycles. The molecule has 0 spiro atoms. The number of hydrogen-bond acceptors (Lipinski definition) is 5. The number of aromatic nitrogens is 2. The largest absolute Gasteiger partial charge is 0.381 e. The molecule has 1 N–H and O–H groups in total. The first-order valence-corrected chi connectivity index (χ1v) is 4.96. The minimum absolute atomic E-state index is 0.638. The molecule has 0 unspecified atom stereocenters. The maximum absolute atomic E-state index is 5.18. The van der Waals surface area contributed by atoms with Crippen LogP contribution in [-0.4, -0.2) is 29.9 Å². The van der Waals surface area contributed by atoms with Gasteiger partial charge in [0.1, 0.15) is 0 Å². The average Bonchev–Trinajstić information content (AvgIpc) is 2.63. The third-order valence-electron chi connectivity index (χ3n) is 1.71. The summed E-state index contributed by atoms with van der Waals surface area (Å²) in [6, 6.07) is 0. The zero-order chi connectivity index (χ0) is 10.2. The normalized spacial score (nSPS) is 10.7. The smallest absolute Gasteiger partial charge is 0.229 e. The fourth-order valence-electron chi connectivity index (χ4n) is 1.00. The van der Waals surface area contributed by atoms with Crippen molar-refractivity contribution in [2.24, 2.45) is 0 Å². The standard InChI is InChI=1S/C9H17N3O2/c1-3-10-7-8-11-9(14-12-8)5-6-13-4-2/h10H,3-7H2,1-2H3. The van der Waals surface area contributed by atoms with Crippen LogP contribution in [-0.2, 0) is 17.7 Å². The number of ether oxygens (including phenoxy) is 1. The maximum atomic E-state index is 5.18. The first kappa shape index (κ1) is 11.1. The number of nitrogens with one attached hydrogen (secondary N) is 1. The Morgan fingerprint density at radius 1 is 1.43 bits per heavy atom. The minimum Gasteiger partial charge on any atom is -0.381 e. The Labute approximate surface area is 83.8 Å². The number of hydrogen-bond donors (Lipinski definition) is 1. The third kappa shape index (κ3) is 3.85. The van der Waals surface area contributed by atoms with Gasteiger partial charge in [-0.25, -0.2) is 0 Å². The molecule has 1 rings (SSSR count). The molecule has 1 aromatic heterocycles. The minimum atomic E-state index is 0.638. The summed E-state index contributed by atoms with van der Waals surface area (Å²) in [6.45, 7) is 6.93. The van der Waals surface area contributed by atoms with E-state index in [2.05, 4.69) is 15.5 Å². The van der Waals surface area contributed by atoms with Gasteiger partial charge < -0.3 is 14.6 Å². The maximum Gasteiger partial charge on any atom is 0.229 e. The van der Waals surface area contributed by atoms with Crippen LogP contribution >= 0.6 is 0 Å². The van der Waals surface area contributed by atoms with E-state index < -0.39 is 0 Å². The molecule has 14 heavy (non-hydrogen) atoms. The Kier molecular flexibility index (Phi) is 5.17. The van der Waals surface area contributed by atoms with Crippen molar-refractivity contribution in [3.05, 3.63) is 11.7 Å². The fourth-order valence-corrected chi connectivity index (χ4v) is 1.00. The van der Waals surface area contributed by atoms with Gasteiger partial charge in [0.05, 0.1) is 19.6 Å². The van der Waals surface area contributed by atoms with Gasteiger partial charge in [0.15, 0.2) is 5.82 Å². The Bertz CT molecular complexity index is 250. The van der Waals surface area contributed by atoms with Crippen molar-refractivity contribution in [3.63, 3.8) is 0 Å². The highest BCUT2D eigenvalue weighted by molar-refractivity contribution is 4.85. The van der Waals surface area contributed by atoms with E-state index in [1.807, 2.05) is 13.8 Å². The highest BCUT2D eigenvalue weighted by atomic mass is 16.5. The molecule has 0 radical (unpaired) electrons. The molecule has 1 aromatic rings. The number of rotatable bonds is 7. The van der Waals surface area contributed by atoms with Crippen molar-refractivity contribution < 1.29 is 9.26 Å². The highest BCUT2D eigenvalue weighted by Gasteiger charge is 2.04. The van der Waals surface area contributed by atoms with E-state index >= 15 is 0 Å². The van der Waals surface area contributed by atoms with Crippen molar-refractivity contribution in [3.8, 4) is 0 Å². The monoisotopic (exact) mass is 199 g/mol. The Morgan fingerprint density at radius 3 is 3.00 bits per heavy atom. The van der Waals surface area contributed by atoms with E-state index in [1.165, 1.54) is 0 Å². The summed E-state index contributed by atoms with van der Waals surface area (Å²) < 4.78 is 10.2. The van der Waals surface area contributed by atoms with Gasteiger partial charge in [-0.15, -0.1) is 0 Å². The molecule has 0 aliphatic carbocycles. The summed E-state index contributed by atoms with van der Waals surface area (Å²) in [4.78, 5) is 4.20. The topological polar surface area (TPSA) is 60.2 Å². The second-order valence-corrected chi connectivity index (χ2v) is 2.83. The fraction of sp³-hybridized carbons (Fsp3) is 0.778. The van der Waals surface area contributed by atoms with Crippen LogP contribution in [0.4, 0.5) is 0 Å². The molecule has 0 saturated heterocycles. The lowest BCUT2D eigenvalue weighted by Gasteiger charge is -1.95. The zero-order valence-electron chi connectivity index (χ0n) is 8.75. The summed E-state index contributed by atoms with van der Waals surface area (Å²) in [5, 5.41) is 6.96. The quantitative estimate of drug-likeness (QED) is 0.657. The lowest BCUT2D eigenvalue weighted by Crippen LogP contribution is -2.12. The summed E-state index contributed by atoms with van der Waals surface area (Å²) in [7, 11) is 0. The molecule has 0 atom stereocenters. The molecule has 1 heterocycles. The predicted octanol–water partition coefficient (Wildman–Crippen LogP) is 0.758. The Balaban J connectivity index is 2.27. The van der Waals surface area contributed by atoms with Crippen molar-refractivity contribution >= 4 is 0 Å². The van der Waals surface area contributed by atoms with Crippen molar-refractivity contribution in [2.75, 3.05) is 19.8 Å². The van der Waals surface area contributed by atoms with Crippen LogP contribution in [0.5, 0.6) is 0 Å². The lowest BCUT2D eigenvalue weighted by atomic mass is 10.4. The van der Waals surface area contributed by atoms with Crippen molar-refractivity contribution in [1.29, 1.82) is 0 Å². The SMILES string of the molecule is CCNCc1noc(CCOCC)n1. The molecular weight excluding hydrogens is 182 g/mol. The Hall–Kier alpha value is -0.940. The first-order chi connectivity index (χ1) is 6.86. The van der Waals surface area contributed by atoms with E-state index in [4.69, 9.17) is 9.26 Å². The van der Waals surface area contributed by atoms with E-state index in [0.717, 1.165) is 13.2 Å². The van der Waals surface area contributed by atoms with Gasteiger partial charge >= 0.3 is 0 Å². The van der Waals surface area contributed by atoms with Crippen molar-refractivity contribution in [1.82, 2.24) is 15.5 Å². The highest BCUT2D eigenvalue weighted by Crippen LogP contribution is 1.98. The van der Waals surface area contributed by atoms with Crippen LogP contribution in [0.2, 0.25) is 0 Å². The molecular formula is C9H17N3O2. The van der Waals surface area contributed by atoms with E-state index in [9.17, 15) is 0 Å². The van der Waals surface area contributed by atoms with Crippen LogP contribution in [0, 0.1) is 0 Å². The van der Waals surface area contributed by atoms with Gasteiger partial charge in [0, 0.05) is 6.61 Å². The van der Waals surface area contributed by atoms with Gasteiger partial charge in [-0.1, -0.05) is 12.1 Å². The van der Waals surface area contributed by atoms with Gasteiger partial charge in [-0.2, -0.15) is 4.98 Å². The van der Waals surface area contributed by atoms with Crippen LogP contribution in [0.15, 0.2) is 4.52 Å². The molecule has 0 aliphatic rings. The van der Waals surface area contributed by atoms with E-state index in [0.29, 0.717) is 31.3 Å². The molecule has 0 aliphatic heterocycles. The summed E-state index contributed by atoms with van der Waals surface area (Å²) in [5.74, 6) is 1.35. The van der Waals surface area contributed by atoms with Crippen molar-refractivity contribution in [2.45, 2.75) is 26.8 Å². The molecule has 0 saturated carbocycles. The summed E-state index contributed by atoms with van der Waals surface area (Å²) >= 11 is 0. The molecule has 0 amide bonds. The predicted molar refractivity (Wildman–Crippen MR) is 51.9 cm³/mol. The Morgan fingerprint density at radius 2 is 2.29 bits per heavy atom. The lowest BCUT2D eigenvalue weighted by molar-refractivity contribution is 0.144. The molecule has 80 valence electrons.